The molecule has 9 N–H and O–H groups in total. The van der Waals surface area contributed by atoms with E-state index in [4.69, 9.17) is 44.7 Å². The van der Waals surface area contributed by atoms with E-state index in [0.29, 0.717) is 12.2 Å². The third-order valence-corrected chi connectivity index (χ3v) is 4.83. The largest absolute Gasteiger partial charge is 0.484 e. The van der Waals surface area contributed by atoms with Gasteiger partial charge in [0.1, 0.15) is 5.76 Å². The molecule has 1 unspecified atom stereocenters. The van der Waals surface area contributed by atoms with Crippen LogP contribution in [0, 0.1) is 5.41 Å². The summed E-state index contributed by atoms with van der Waals surface area (Å²) in [6.45, 7) is 1.73. The minimum atomic E-state index is -0.972. The minimum absolute atomic E-state index is 0. The standard InChI is InChI=1S/C18H25ClN8O3.ClH/c1-2-3-6-18(7-4-10(5-8-18)30-9-11(20)28)27(17(23)24)16(29)12-14(21)26-15(22)13(19)25-12;/h4-5,7H,2-3,6,8-9H2,1H3,(H2,20,28)(H3,23,24)(H4,21,22,26);1H. The highest BCUT2D eigenvalue weighted by Gasteiger charge is 2.41. The summed E-state index contributed by atoms with van der Waals surface area (Å²) in [7, 11) is 0. The third kappa shape index (κ3) is 5.98. The van der Waals surface area contributed by atoms with Crippen LogP contribution in [0.4, 0.5) is 11.6 Å². The molecule has 1 aromatic rings. The number of unbranched alkanes of at least 4 members (excludes halogenated alkanes) is 1. The van der Waals surface area contributed by atoms with E-state index in [0.717, 1.165) is 17.7 Å². The van der Waals surface area contributed by atoms with E-state index in [2.05, 4.69) is 9.97 Å². The summed E-state index contributed by atoms with van der Waals surface area (Å²) in [5, 5.41) is 7.89. The first-order valence-corrected chi connectivity index (χ1v) is 9.56. The summed E-state index contributed by atoms with van der Waals surface area (Å²) in [5.74, 6) is -1.75. The zero-order valence-electron chi connectivity index (χ0n) is 16.9. The predicted octanol–water partition coefficient (Wildman–Crippen LogP) is 1.33. The molecule has 1 aliphatic rings. The van der Waals surface area contributed by atoms with Crippen LogP contribution in [0.25, 0.3) is 0 Å². The zero-order chi connectivity index (χ0) is 22.5. The van der Waals surface area contributed by atoms with Gasteiger partial charge in [0.15, 0.2) is 35.0 Å². The number of carbonyl (C=O) groups excluding carboxylic acids is 2. The number of carbonyl (C=O) groups is 2. The summed E-state index contributed by atoms with van der Waals surface area (Å²) in [4.78, 5) is 33.1. The number of anilines is 2. The van der Waals surface area contributed by atoms with Crippen molar-refractivity contribution in [1.82, 2.24) is 14.9 Å². The number of primary amides is 1. The number of rotatable bonds is 8. The zero-order valence-corrected chi connectivity index (χ0v) is 18.5. The Kier molecular flexibility index (Phi) is 9.07. The van der Waals surface area contributed by atoms with Crippen molar-refractivity contribution in [2.75, 3.05) is 18.1 Å². The molecule has 31 heavy (non-hydrogen) atoms. The molecule has 1 aromatic heterocycles. The summed E-state index contributed by atoms with van der Waals surface area (Å²) in [6, 6.07) is 0. The quantitative estimate of drug-likeness (QED) is 0.275. The molecule has 1 heterocycles. The smallest absolute Gasteiger partial charge is 0.283 e. The van der Waals surface area contributed by atoms with Gasteiger partial charge in [-0.3, -0.25) is 19.9 Å². The number of allylic oxidation sites excluding steroid dienone is 1. The Morgan fingerprint density at radius 3 is 2.48 bits per heavy atom. The van der Waals surface area contributed by atoms with Crippen LogP contribution in [0.5, 0.6) is 0 Å². The van der Waals surface area contributed by atoms with Crippen LogP contribution in [0.2, 0.25) is 5.15 Å². The highest BCUT2D eigenvalue weighted by molar-refractivity contribution is 6.31. The molecule has 0 saturated heterocycles. The Morgan fingerprint density at radius 1 is 1.29 bits per heavy atom. The van der Waals surface area contributed by atoms with E-state index in [1.807, 2.05) is 6.92 Å². The third-order valence-electron chi connectivity index (χ3n) is 4.56. The lowest BCUT2D eigenvalue weighted by atomic mass is 9.83. The average molecular weight is 473 g/mol. The molecule has 1 aliphatic carbocycles. The number of aromatic nitrogens is 2. The maximum Gasteiger partial charge on any atom is 0.283 e. The summed E-state index contributed by atoms with van der Waals surface area (Å²) >= 11 is 5.91. The Labute approximate surface area is 190 Å². The Hall–Kier alpha value is -3.05. The van der Waals surface area contributed by atoms with Crippen molar-refractivity contribution in [1.29, 1.82) is 5.41 Å². The molecule has 170 valence electrons. The number of hydrogen-bond acceptors (Lipinski definition) is 8. The second-order valence-corrected chi connectivity index (χ2v) is 7.12. The van der Waals surface area contributed by atoms with Gasteiger partial charge in [0.2, 0.25) is 0 Å². The monoisotopic (exact) mass is 472 g/mol. The van der Waals surface area contributed by atoms with Crippen LogP contribution in [-0.2, 0) is 9.53 Å². The van der Waals surface area contributed by atoms with Gasteiger partial charge in [-0.1, -0.05) is 37.4 Å². The van der Waals surface area contributed by atoms with Gasteiger partial charge in [-0.25, -0.2) is 9.97 Å². The van der Waals surface area contributed by atoms with Gasteiger partial charge in [0.25, 0.3) is 11.8 Å². The lowest BCUT2D eigenvalue weighted by Crippen LogP contribution is -2.56. The van der Waals surface area contributed by atoms with Crippen molar-refractivity contribution in [2.24, 2.45) is 11.5 Å². The fraction of sp³-hybridized carbons (Fsp3) is 0.389. The molecule has 0 fully saturated rings. The Balaban J connectivity index is 0.00000480. The van der Waals surface area contributed by atoms with Gasteiger partial charge in [-0.05, 0) is 25.0 Å². The molecule has 0 bridgehead atoms. The highest BCUT2D eigenvalue weighted by Crippen LogP contribution is 2.34. The van der Waals surface area contributed by atoms with E-state index in [-0.39, 0.29) is 47.9 Å². The van der Waals surface area contributed by atoms with Gasteiger partial charge in [-0.2, -0.15) is 0 Å². The number of hydrogen-bond donors (Lipinski definition) is 5. The fourth-order valence-corrected chi connectivity index (χ4v) is 3.24. The number of nitrogens with zero attached hydrogens (tertiary/aromatic N) is 3. The first kappa shape index (κ1) is 26.0. The summed E-state index contributed by atoms with van der Waals surface area (Å²) in [6.07, 6.45) is 7.39. The molecule has 2 amide bonds. The molecule has 1 atom stereocenters. The number of nitrogen functional groups attached to an aromatic ring is 2. The van der Waals surface area contributed by atoms with Crippen LogP contribution >= 0.6 is 24.0 Å². The number of nitrogens with one attached hydrogen (secondary N) is 1. The fourth-order valence-electron chi connectivity index (χ4n) is 3.11. The predicted molar refractivity (Wildman–Crippen MR) is 120 cm³/mol. The Bertz CT molecular complexity index is 921. The number of ether oxygens (including phenoxy) is 1. The lowest BCUT2D eigenvalue weighted by Gasteiger charge is -2.42. The minimum Gasteiger partial charge on any atom is -0.484 e. The van der Waals surface area contributed by atoms with Crippen molar-refractivity contribution in [3.05, 3.63) is 34.8 Å². The topological polar surface area (TPSA) is 200 Å². The van der Waals surface area contributed by atoms with Crippen molar-refractivity contribution >= 4 is 53.4 Å². The lowest BCUT2D eigenvalue weighted by molar-refractivity contribution is -0.121. The van der Waals surface area contributed by atoms with Gasteiger partial charge in [0, 0.05) is 0 Å². The first-order chi connectivity index (χ1) is 14.1. The number of amides is 2. The highest BCUT2D eigenvalue weighted by atomic mass is 35.5. The first-order valence-electron chi connectivity index (χ1n) is 9.19. The molecule has 0 aliphatic heterocycles. The van der Waals surface area contributed by atoms with Gasteiger partial charge in [-0.15, -0.1) is 12.4 Å². The van der Waals surface area contributed by atoms with E-state index < -0.39 is 23.3 Å². The molecule has 0 radical (unpaired) electrons. The SMILES string of the molecule is CCCCC1(N(C(=N)N)C(=O)c2nc(Cl)c(N)nc2N)C=CC(OCC(N)=O)=CC1.Cl. The number of guanidine groups is 1. The summed E-state index contributed by atoms with van der Waals surface area (Å²) < 4.78 is 5.31. The maximum absolute atomic E-state index is 13.3. The van der Waals surface area contributed by atoms with E-state index >= 15 is 0 Å². The van der Waals surface area contributed by atoms with Crippen LogP contribution in [0.3, 0.4) is 0 Å². The maximum atomic E-state index is 13.3. The van der Waals surface area contributed by atoms with E-state index in [1.165, 1.54) is 0 Å². The molecule has 0 spiro atoms. The van der Waals surface area contributed by atoms with Crippen LogP contribution in [0.15, 0.2) is 24.0 Å². The molecular weight excluding hydrogens is 447 g/mol. The van der Waals surface area contributed by atoms with Crippen molar-refractivity contribution in [3.63, 3.8) is 0 Å². The summed E-state index contributed by atoms with van der Waals surface area (Å²) in [5.41, 5.74) is 21.1. The average Bonchev–Trinajstić information content (AvgIpc) is 2.68. The van der Waals surface area contributed by atoms with E-state index in [1.54, 1.807) is 18.2 Å². The molecule has 13 heteroatoms. The van der Waals surface area contributed by atoms with Crippen LogP contribution in [0.1, 0.15) is 43.1 Å². The molecule has 11 nitrogen and oxygen atoms in total. The van der Waals surface area contributed by atoms with Crippen molar-refractivity contribution in [3.8, 4) is 0 Å². The molecule has 0 aromatic carbocycles. The number of halogens is 2. The van der Waals surface area contributed by atoms with Crippen LogP contribution in [-0.4, -0.2) is 44.8 Å². The van der Waals surface area contributed by atoms with Gasteiger partial charge < -0.3 is 27.7 Å². The van der Waals surface area contributed by atoms with Gasteiger partial charge >= 0.3 is 0 Å². The molecule has 0 saturated carbocycles. The van der Waals surface area contributed by atoms with Gasteiger partial charge in [0.05, 0.1) is 5.54 Å². The van der Waals surface area contributed by atoms with Crippen molar-refractivity contribution < 1.29 is 14.3 Å². The van der Waals surface area contributed by atoms with E-state index in [9.17, 15) is 9.59 Å². The normalized spacial score (nSPS) is 17.3. The van der Waals surface area contributed by atoms with Crippen LogP contribution < -0.4 is 22.9 Å². The van der Waals surface area contributed by atoms with Crippen molar-refractivity contribution in [2.45, 2.75) is 38.1 Å². The molecular formula is C18H26Cl2N8O3. The second-order valence-electron chi connectivity index (χ2n) is 6.77. The Morgan fingerprint density at radius 2 is 1.97 bits per heavy atom. The second kappa shape index (κ2) is 10.8. The number of nitrogens with two attached hydrogens (primary N) is 4. The molecule has 2 rings (SSSR count).